The molecule has 0 bridgehead atoms. The predicted molar refractivity (Wildman–Crippen MR) is 152 cm³/mol. The van der Waals surface area contributed by atoms with E-state index >= 15 is 0 Å². The molecule has 0 unspecified atom stereocenters. The SMILES string of the molecule is COc1ccccc1CNC(=O)CC[C@H]1N=C2c3ccccc3N=C(SCc3ccc(C)cc3C)N2C1=O. The fraction of sp³-hybridized carbons (Fsp3) is 0.267. The summed E-state index contributed by atoms with van der Waals surface area (Å²) in [6.07, 6.45) is 0.522. The normalized spacial score (nSPS) is 15.9. The smallest absolute Gasteiger partial charge is 0.259 e. The molecule has 0 aromatic heterocycles. The standard InChI is InChI=1S/C30H30N4O3S/c1-19-12-13-22(20(2)16-19)18-38-30-33-24-10-6-5-9-23(24)28-32-25(29(36)34(28)30)14-15-27(35)31-17-21-8-4-7-11-26(21)37-3/h4-13,16,25H,14-15,17-18H2,1-3H3,(H,31,35)/t25-/m1/s1. The maximum Gasteiger partial charge on any atom is 0.259 e. The van der Waals surface area contributed by atoms with Gasteiger partial charge in [-0.25, -0.2) is 9.89 Å². The fourth-order valence-electron chi connectivity index (χ4n) is 4.64. The number of aliphatic imine (C=N–C) groups is 2. The first-order valence-corrected chi connectivity index (χ1v) is 13.6. The van der Waals surface area contributed by atoms with E-state index in [9.17, 15) is 9.59 Å². The van der Waals surface area contributed by atoms with Crippen LogP contribution >= 0.6 is 11.8 Å². The number of benzene rings is 3. The van der Waals surface area contributed by atoms with Crippen molar-refractivity contribution < 1.29 is 14.3 Å². The van der Waals surface area contributed by atoms with Crippen LogP contribution in [0.15, 0.2) is 76.7 Å². The number of thioether (sulfide) groups is 1. The summed E-state index contributed by atoms with van der Waals surface area (Å²) < 4.78 is 5.35. The van der Waals surface area contributed by atoms with E-state index in [-0.39, 0.29) is 18.2 Å². The van der Waals surface area contributed by atoms with Crippen LogP contribution in [0.2, 0.25) is 0 Å². The summed E-state index contributed by atoms with van der Waals surface area (Å²) in [7, 11) is 1.61. The average molecular weight is 527 g/mol. The molecule has 2 aliphatic heterocycles. The summed E-state index contributed by atoms with van der Waals surface area (Å²) in [5.41, 5.74) is 6.17. The van der Waals surface area contributed by atoms with Crippen LogP contribution in [0.25, 0.3) is 0 Å². The first kappa shape index (κ1) is 25.7. The highest BCUT2D eigenvalue weighted by atomic mass is 32.2. The minimum atomic E-state index is -0.625. The average Bonchev–Trinajstić information content (AvgIpc) is 3.26. The molecule has 0 radical (unpaired) electrons. The molecule has 1 N–H and O–H groups in total. The highest BCUT2D eigenvalue weighted by Gasteiger charge is 2.41. The predicted octanol–water partition coefficient (Wildman–Crippen LogP) is 5.30. The lowest BCUT2D eigenvalue weighted by Crippen LogP contribution is -2.41. The maximum absolute atomic E-state index is 13.5. The number of ether oxygens (including phenoxy) is 1. The molecule has 8 heteroatoms. The van der Waals surface area contributed by atoms with Crippen LogP contribution in [0, 0.1) is 13.8 Å². The van der Waals surface area contributed by atoms with Gasteiger partial charge in [-0.2, -0.15) is 0 Å². The molecule has 38 heavy (non-hydrogen) atoms. The third-order valence-electron chi connectivity index (χ3n) is 6.72. The monoisotopic (exact) mass is 526 g/mol. The summed E-state index contributed by atoms with van der Waals surface area (Å²) >= 11 is 1.53. The maximum atomic E-state index is 13.5. The van der Waals surface area contributed by atoms with Gasteiger partial charge < -0.3 is 10.1 Å². The van der Waals surface area contributed by atoms with Crippen molar-refractivity contribution in [2.45, 2.75) is 45.0 Å². The minimum Gasteiger partial charge on any atom is -0.496 e. The van der Waals surface area contributed by atoms with Crippen LogP contribution < -0.4 is 10.1 Å². The van der Waals surface area contributed by atoms with Gasteiger partial charge in [0.25, 0.3) is 5.91 Å². The van der Waals surface area contributed by atoms with Crippen LogP contribution in [-0.4, -0.2) is 40.9 Å². The number of amidine groups is 2. The Labute approximate surface area is 227 Å². The topological polar surface area (TPSA) is 83.4 Å². The molecule has 3 aromatic carbocycles. The largest absolute Gasteiger partial charge is 0.496 e. The summed E-state index contributed by atoms with van der Waals surface area (Å²) in [6, 6.07) is 21.1. The molecule has 2 heterocycles. The fourth-order valence-corrected chi connectivity index (χ4v) is 5.71. The second-order valence-electron chi connectivity index (χ2n) is 9.40. The van der Waals surface area contributed by atoms with Crippen molar-refractivity contribution in [1.29, 1.82) is 0 Å². The molecular formula is C30H30N4O3S. The van der Waals surface area contributed by atoms with Crippen molar-refractivity contribution in [2.24, 2.45) is 9.98 Å². The van der Waals surface area contributed by atoms with E-state index < -0.39 is 6.04 Å². The number of hydrogen-bond donors (Lipinski definition) is 1. The number of fused-ring (bicyclic) bond motifs is 3. The number of carbonyl (C=O) groups excluding carboxylic acids is 2. The van der Waals surface area contributed by atoms with Gasteiger partial charge in [0.05, 0.1) is 12.8 Å². The Bertz CT molecular complexity index is 1450. The molecule has 0 aliphatic carbocycles. The number of hydrogen-bond acceptors (Lipinski definition) is 6. The second-order valence-corrected chi connectivity index (χ2v) is 10.3. The van der Waals surface area contributed by atoms with Crippen molar-refractivity contribution in [3.8, 4) is 5.75 Å². The van der Waals surface area contributed by atoms with E-state index in [1.54, 1.807) is 12.0 Å². The van der Waals surface area contributed by atoms with Gasteiger partial charge in [-0.15, -0.1) is 0 Å². The Morgan fingerprint density at radius 2 is 1.84 bits per heavy atom. The molecule has 3 aromatic rings. The quantitative estimate of drug-likeness (QED) is 0.432. The number of amides is 2. The summed E-state index contributed by atoms with van der Waals surface area (Å²) in [5, 5.41) is 3.55. The number of carbonyl (C=O) groups is 2. The lowest BCUT2D eigenvalue weighted by Gasteiger charge is -2.25. The first-order valence-electron chi connectivity index (χ1n) is 12.6. The number of nitrogens with zero attached hydrogens (tertiary/aromatic N) is 3. The first-order chi connectivity index (χ1) is 18.4. The third kappa shape index (κ3) is 5.36. The van der Waals surface area contributed by atoms with Gasteiger partial charge in [0.15, 0.2) is 5.17 Å². The molecule has 1 atom stereocenters. The highest BCUT2D eigenvalue weighted by Crippen LogP contribution is 2.35. The minimum absolute atomic E-state index is 0.132. The molecule has 2 aliphatic rings. The summed E-state index contributed by atoms with van der Waals surface area (Å²) in [4.78, 5) is 37.4. The molecule has 194 valence electrons. The van der Waals surface area contributed by atoms with Crippen LogP contribution in [0.3, 0.4) is 0 Å². The molecule has 2 amide bonds. The van der Waals surface area contributed by atoms with Crippen molar-refractivity contribution >= 4 is 40.3 Å². The number of methoxy groups -OCH3 is 1. The van der Waals surface area contributed by atoms with Crippen LogP contribution in [0.1, 0.15) is 40.7 Å². The Hall–Kier alpha value is -3.91. The summed E-state index contributed by atoms with van der Waals surface area (Å²) in [5.74, 6) is 1.76. The van der Waals surface area contributed by atoms with E-state index in [4.69, 9.17) is 14.7 Å². The number of nitrogens with one attached hydrogen (secondary N) is 1. The molecular weight excluding hydrogens is 496 g/mol. The molecule has 0 fully saturated rings. The van der Waals surface area contributed by atoms with Crippen LogP contribution in [-0.2, 0) is 21.9 Å². The van der Waals surface area contributed by atoms with E-state index in [1.165, 1.54) is 28.5 Å². The van der Waals surface area contributed by atoms with E-state index in [2.05, 4.69) is 37.4 Å². The van der Waals surface area contributed by atoms with E-state index in [1.807, 2.05) is 48.5 Å². The van der Waals surface area contributed by atoms with Crippen molar-refractivity contribution in [2.75, 3.05) is 7.11 Å². The Kier molecular flexibility index (Phi) is 7.60. The van der Waals surface area contributed by atoms with Gasteiger partial charge in [-0.05, 0) is 49.6 Å². The molecule has 0 saturated carbocycles. The van der Waals surface area contributed by atoms with Gasteiger partial charge in [-0.3, -0.25) is 14.6 Å². The van der Waals surface area contributed by atoms with Gasteiger partial charge in [-0.1, -0.05) is 65.9 Å². The number of rotatable bonds is 8. The molecule has 5 rings (SSSR count). The molecule has 0 spiro atoms. The third-order valence-corrected chi connectivity index (χ3v) is 7.70. The zero-order valence-electron chi connectivity index (χ0n) is 21.7. The zero-order chi connectivity index (χ0) is 26.6. The van der Waals surface area contributed by atoms with Crippen LogP contribution in [0.4, 0.5) is 5.69 Å². The number of aryl methyl sites for hydroxylation is 2. The van der Waals surface area contributed by atoms with Crippen molar-refractivity contribution in [3.63, 3.8) is 0 Å². The van der Waals surface area contributed by atoms with Gasteiger partial charge in [0, 0.05) is 29.8 Å². The number of para-hydroxylation sites is 2. The van der Waals surface area contributed by atoms with E-state index in [0.29, 0.717) is 29.7 Å². The Morgan fingerprint density at radius 1 is 1.05 bits per heavy atom. The lowest BCUT2D eigenvalue weighted by atomic mass is 10.1. The lowest BCUT2D eigenvalue weighted by molar-refractivity contribution is -0.125. The highest BCUT2D eigenvalue weighted by molar-refractivity contribution is 8.13. The van der Waals surface area contributed by atoms with Gasteiger partial charge in [0.1, 0.15) is 17.6 Å². The van der Waals surface area contributed by atoms with Crippen molar-refractivity contribution in [3.05, 3.63) is 94.5 Å². The Morgan fingerprint density at radius 3 is 2.66 bits per heavy atom. The molecule has 7 nitrogen and oxygen atoms in total. The Balaban J connectivity index is 1.28. The second kappa shape index (κ2) is 11.2. The van der Waals surface area contributed by atoms with Crippen LogP contribution in [0.5, 0.6) is 5.75 Å². The molecule has 0 saturated heterocycles. The van der Waals surface area contributed by atoms with E-state index in [0.717, 1.165) is 22.6 Å². The van der Waals surface area contributed by atoms with Gasteiger partial charge >= 0.3 is 0 Å². The van der Waals surface area contributed by atoms with Crippen molar-refractivity contribution in [1.82, 2.24) is 10.2 Å². The summed E-state index contributed by atoms with van der Waals surface area (Å²) in [6.45, 7) is 4.54. The zero-order valence-corrected chi connectivity index (χ0v) is 22.5. The van der Waals surface area contributed by atoms with Gasteiger partial charge in [0.2, 0.25) is 5.91 Å².